The molecular formula is C26H31N3O6S. The van der Waals surface area contributed by atoms with Crippen molar-refractivity contribution in [3.05, 3.63) is 45.8 Å². The minimum Gasteiger partial charge on any atom is -0.493 e. The number of rotatable bonds is 11. The number of esters is 1. The average molecular weight is 514 g/mol. The van der Waals surface area contributed by atoms with Crippen LogP contribution in [-0.4, -0.2) is 70.5 Å². The van der Waals surface area contributed by atoms with E-state index < -0.39 is 11.9 Å². The van der Waals surface area contributed by atoms with E-state index in [-0.39, 0.29) is 11.1 Å². The van der Waals surface area contributed by atoms with Crippen LogP contribution in [0.15, 0.2) is 29.8 Å². The van der Waals surface area contributed by atoms with Gasteiger partial charge in [0.1, 0.15) is 23.3 Å². The monoisotopic (exact) mass is 513 g/mol. The lowest BCUT2D eigenvalue weighted by Gasteiger charge is -2.26. The zero-order valence-corrected chi connectivity index (χ0v) is 21.6. The van der Waals surface area contributed by atoms with Gasteiger partial charge in [0.25, 0.3) is 5.91 Å². The molecular weight excluding hydrogens is 482 g/mol. The number of nitrogens with zero attached hydrogens (tertiary/aromatic N) is 2. The molecule has 0 atom stereocenters. The van der Waals surface area contributed by atoms with E-state index in [4.69, 9.17) is 18.9 Å². The highest BCUT2D eigenvalue weighted by atomic mass is 32.1. The molecule has 0 spiro atoms. The van der Waals surface area contributed by atoms with Gasteiger partial charge in [0, 0.05) is 24.5 Å². The number of morpholine rings is 1. The number of thiophene rings is 1. The first-order valence-corrected chi connectivity index (χ1v) is 12.6. The molecule has 2 aromatic rings. The van der Waals surface area contributed by atoms with Crippen molar-refractivity contribution in [1.82, 2.24) is 4.90 Å². The van der Waals surface area contributed by atoms with Gasteiger partial charge in [-0.05, 0) is 36.3 Å². The summed E-state index contributed by atoms with van der Waals surface area (Å²) < 4.78 is 21.5. The largest absolute Gasteiger partial charge is 0.493 e. The maximum absolute atomic E-state index is 12.9. The Balaban J connectivity index is 1.71. The topological polar surface area (TPSA) is 110 Å². The van der Waals surface area contributed by atoms with E-state index >= 15 is 0 Å². The molecule has 0 unspecified atom stereocenters. The Bertz CT molecular complexity index is 1130. The van der Waals surface area contributed by atoms with Gasteiger partial charge in [-0.1, -0.05) is 19.4 Å². The molecule has 9 nitrogen and oxygen atoms in total. The maximum atomic E-state index is 12.9. The number of anilines is 1. The number of carbonyl (C=O) groups is 2. The van der Waals surface area contributed by atoms with Gasteiger partial charge in [-0.3, -0.25) is 9.69 Å². The number of amides is 1. The fraction of sp³-hybridized carbons (Fsp3) is 0.423. The first kappa shape index (κ1) is 27.2. The SMILES string of the molecule is CCCc1cc(C(=O)OC)c(NC(=O)/C(C#N)=C/c2ccc(OCCN3CCOCC3)c(OC)c2)s1. The fourth-order valence-corrected chi connectivity index (χ4v) is 4.80. The molecule has 0 saturated carbocycles. The van der Waals surface area contributed by atoms with Crippen molar-refractivity contribution in [3.63, 3.8) is 0 Å². The standard InChI is InChI=1S/C26H31N3O6S/c1-4-5-20-16-21(26(31)33-3)25(36-20)28-24(30)19(17-27)14-18-6-7-22(23(15-18)32-2)35-13-10-29-8-11-34-12-9-29/h6-7,14-16H,4-5,8-13H2,1-3H3,(H,28,30)/b19-14+. The van der Waals surface area contributed by atoms with Gasteiger partial charge >= 0.3 is 5.97 Å². The minimum absolute atomic E-state index is 0.112. The molecule has 36 heavy (non-hydrogen) atoms. The molecule has 0 bridgehead atoms. The average Bonchev–Trinajstić information content (AvgIpc) is 3.30. The first-order valence-electron chi connectivity index (χ1n) is 11.7. The van der Waals surface area contributed by atoms with Crippen LogP contribution in [0.2, 0.25) is 0 Å². The Morgan fingerprint density at radius 3 is 2.67 bits per heavy atom. The molecule has 3 rings (SSSR count). The summed E-state index contributed by atoms with van der Waals surface area (Å²) in [5.41, 5.74) is 0.765. The number of hydrogen-bond donors (Lipinski definition) is 1. The number of benzene rings is 1. The van der Waals surface area contributed by atoms with Gasteiger partial charge in [0.05, 0.1) is 33.0 Å². The maximum Gasteiger partial charge on any atom is 0.340 e. The smallest absolute Gasteiger partial charge is 0.340 e. The molecule has 10 heteroatoms. The van der Waals surface area contributed by atoms with Gasteiger partial charge in [-0.15, -0.1) is 11.3 Å². The van der Waals surface area contributed by atoms with Crippen LogP contribution in [0.4, 0.5) is 5.00 Å². The number of methoxy groups -OCH3 is 2. The normalized spacial score (nSPS) is 14.1. The number of nitrogens with one attached hydrogen (secondary N) is 1. The number of ether oxygens (including phenoxy) is 4. The molecule has 2 heterocycles. The summed E-state index contributed by atoms with van der Waals surface area (Å²) in [4.78, 5) is 28.2. The lowest BCUT2D eigenvalue weighted by Crippen LogP contribution is -2.38. The van der Waals surface area contributed by atoms with Crippen molar-refractivity contribution in [2.45, 2.75) is 19.8 Å². The molecule has 0 aliphatic carbocycles. The van der Waals surface area contributed by atoms with Crippen LogP contribution < -0.4 is 14.8 Å². The second-order valence-electron chi connectivity index (χ2n) is 8.03. The van der Waals surface area contributed by atoms with Gasteiger partial charge in [0.15, 0.2) is 11.5 Å². The quantitative estimate of drug-likeness (QED) is 0.275. The Hall–Kier alpha value is -3.39. The molecule has 192 valence electrons. The molecule has 1 fully saturated rings. The van der Waals surface area contributed by atoms with Crippen LogP contribution in [0.3, 0.4) is 0 Å². The Kier molecular flexibility index (Phi) is 10.3. The van der Waals surface area contributed by atoms with E-state index in [2.05, 4.69) is 10.2 Å². The Labute approximate surface area is 215 Å². The van der Waals surface area contributed by atoms with Gasteiger partial charge in [-0.2, -0.15) is 5.26 Å². The van der Waals surface area contributed by atoms with Crippen molar-refractivity contribution in [1.29, 1.82) is 5.26 Å². The summed E-state index contributed by atoms with van der Waals surface area (Å²) in [7, 11) is 2.82. The summed E-state index contributed by atoms with van der Waals surface area (Å²) in [6.07, 6.45) is 3.13. The van der Waals surface area contributed by atoms with Crippen LogP contribution in [0.25, 0.3) is 6.08 Å². The number of hydrogen-bond acceptors (Lipinski definition) is 9. The highest BCUT2D eigenvalue weighted by Crippen LogP contribution is 2.31. The highest BCUT2D eigenvalue weighted by molar-refractivity contribution is 7.16. The van der Waals surface area contributed by atoms with Crippen molar-refractivity contribution in [2.24, 2.45) is 0 Å². The lowest BCUT2D eigenvalue weighted by atomic mass is 10.1. The predicted octanol–water partition coefficient (Wildman–Crippen LogP) is 3.75. The molecule has 0 radical (unpaired) electrons. The van der Waals surface area contributed by atoms with E-state index in [0.717, 1.165) is 50.6 Å². The van der Waals surface area contributed by atoms with Crippen molar-refractivity contribution in [2.75, 3.05) is 59.0 Å². The van der Waals surface area contributed by atoms with Gasteiger partial charge < -0.3 is 24.3 Å². The zero-order valence-electron chi connectivity index (χ0n) is 20.8. The zero-order chi connectivity index (χ0) is 25.9. The highest BCUT2D eigenvalue weighted by Gasteiger charge is 2.20. The summed E-state index contributed by atoms with van der Waals surface area (Å²) in [6.45, 7) is 6.54. The third kappa shape index (κ3) is 7.31. The lowest BCUT2D eigenvalue weighted by molar-refractivity contribution is -0.112. The summed E-state index contributed by atoms with van der Waals surface area (Å²) >= 11 is 1.30. The Morgan fingerprint density at radius 2 is 2.00 bits per heavy atom. The molecule has 1 N–H and O–H groups in total. The third-order valence-electron chi connectivity index (χ3n) is 5.54. The second-order valence-corrected chi connectivity index (χ2v) is 9.17. The number of carbonyl (C=O) groups excluding carboxylic acids is 2. The van der Waals surface area contributed by atoms with Crippen molar-refractivity contribution >= 4 is 34.3 Å². The van der Waals surface area contributed by atoms with E-state index in [1.165, 1.54) is 31.6 Å². The molecule has 1 aliphatic heterocycles. The van der Waals surface area contributed by atoms with Crippen LogP contribution in [0.1, 0.15) is 34.1 Å². The molecule has 1 aromatic heterocycles. The van der Waals surface area contributed by atoms with E-state index in [1.54, 1.807) is 24.3 Å². The molecule has 1 aromatic carbocycles. The second kappa shape index (κ2) is 13.6. The number of aryl methyl sites for hydroxylation is 1. The Morgan fingerprint density at radius 1 is 1.22 bits per heavy atom. The molecule has 1 saturated heterocycles. The first-order chi connectivity index (χ1) is 17.5. The van der Waals surface area contributed by atoms with E-state index in [9.17, 15) is 14.9 Å². The number of nitriles is 1. The van der Waals surface area contributed by atoms with Gasteiger partial charge in [0.2, 0.25) is 0 Å². The molecule has 1 aliphatic rings. The van der Waals surface area contributed by atoms with Gasteiger partial charge in [-0.25, -0.2) is 4.79 Å². The van der Waals surface area contributed by atoms with Crippen molar-refractivity contribution in [3.8, 4) is 17.6 Å². The van der Waals surface area contributed by atoms with Crippen LogP contribution in [0.5, 0.6) is 11.5 Å². The van der Waals surface area contributed by atoms with Crippen LogP contribution >= 0.6 is 11.3 Å². The van der Waals surface area contributed by atoms with E-state index in [1.807, 2.05) is 13.0 Å². The fourth-order valence-electron chi connectivity index (χ4n) is 3.65. The van der Waals surface area contributed by atoms with Crippen LogP contribution in [0, 0.1) is 11.3 Å². The molecule has 1 amide bonds. The van der Waals surface area contributed by atoms with E-state index in [0.29, 0.717) is 28.7 Å². The summed E-state index contributed by atoms with van der Waals surface area (Å²) in [5.74, 6) is -0.0767. The summed E-state index contributed by atoms with van der Waals surface area (Å²) in [5, 5.41) is 12.7. The minimum atomic E-state index is -0.614. The third-order valence-corrected chi connectivity index (χ3v) is 6.65. The predicted molar refractivity (Wildman–Crippen MR) is 138 cm³/mol. The van der Waals surface area contributed by atoms with Crippen LogP contribution in [-0.2, 0) is 20.7 Å². The van der Waals surface area contributed by atoms with Crippen molar-refractivity contribution < 1.29 is 28.5 Å². The summed E-state index contributed by atoms with van der Waals surface area (Å²) in [6, 6.07) is 8.87.